The molecular formula is C18H18N2O2S. The van der Waals surface area contributed by atoms with Gasteiger partial charge in [0.1, 0.15) is 0 Å². The summed E-state index contributed by atoms with van der Waals surface area (Å²) in [4.78, 5) is 17.8. The molecule has 3 aromatic rings. The third-order valence-corrected chi connectivity index (χ3v) is 5.19. The van der Waals surface area contributed by atoms with Gasteiger partial charge in [-0.05, 0) is 51.0 Å². The van der Waals surface area contributed by atoms with Crippen molar-refractivity contribution < 1.29 is 9.90 Å². The van der Waals surface area contributed by atoms with Gasteiger partial charge in [0.05, 0.1) is 11.4 Å². The standard InChI is InChI=1S/C18H18N2O2S/c1-10-5-6-14(9-11(10)2)17-15(7-8-16(21)22)20-12(3)13(4)23-18(20)19-17/h5-9H,1-4H3,(H,21,22)/b8-7+. The summed E-state index contributed by atoms with van der Waals surface area (Å²) in [7, 11) is 0. The Morgan fingerprint density at radius 3 is 2.61 bits per heavy atom. The van der Waals surface area contributed by atoms with E-state index in [1.807, 2.05) is 17.4 Å². The number of hydrogen-bond acceptors (Lipinski definition) is 3. The first kappa shape index (κ1) is 15.5. The van der Waals surface area contributed by atoms with Gasteiger partial charge in [-0.1, -0.05) is 12.1 Å². The number of fused-ring (bicyclic) bond motifs is 1. The zero-order valence-corrected chi connectivity index (χ0v) is 14.4. The number of benzene rings is 1. The van der Waals surface area contributed by atoms with E-state index in [4.69, 9.17) is 10.1 Å². The van der Waals surface area contributed by atoms with Crippen molar-refractivity contribution in [1.82, 2.24) is 9.38 Å². The summed E-state index contributed by atoms with van der Waals surface area (Å²) in [6, 6.07) is 6.21. The zero-order valence-electron chi connectivity index (χ0n) is 13.5. The molecule has 0 aliphatic rings. The van der Waals surface area contributed by atoms with Gasteiger partial charge in [-0.2, -0.15) is 0 Å². The molecule has 23 heavy (non-hydrogen) atoms. The highest BCUT2D eigenvalue weighted by Gasteiger charge is 2.17. The van der Waals surface area contributed by atoms with Crippen LogP contribution >= 0.6 is 11.3 Å². The molecule has 0 saturated carbocycles. The molecule has 5 heteroatoms. The highest BCUT2D eigenvalue weighted by molar-refractivity contribution is 7.17. The number of imidazole rings is 1. The van der Waals surface area contributed by atoms with E-state index in [1.54, 1.807) is 17.4 Å². The van der Waals surface area contributed by atoms with Crippen LogP contribution in [0.4, 0.5) is 0 Å². The molecule has 1 N–H and O–H groups in total. The molecule has 2 aromatic heterocycles. The van der Waals surface area contributed by atoms with E-state index in [2.05, 4.69) is 32.9 Å². The molecule has 0 spiro atoms. The van der Waals surface area contributed by atoms with Crippen molar-refractivity contribution in [1.29, 1.82) is 0 Å². The maximum atomic E-state index is 11.0. The molecule has 0 atom stereocenters. The van der Waals surface area contributed by atoms with Crippen molar-refractivity contribution >= 4 is 28.3 Å². The number of carboxylic acids is 1. The summed E-state index contributed by atoms with van der Waals surface area (Å²) < 4.78 is 2.03. The number of thiazole rings is 1. The monoisotopic (exact) mass is 326 g/mol. The van der Waals surface area contributed by atoms with Crippen molar-refractivity contribution in [2.75, 3.05) is 0 Å². The highest BCUT2D eigenvalue weighted by Crippen LogP contribution is 2.32. The summed E-state index contributed by atoms with van der Waals surface area (Å²) in [5, 5.41) is 8.99. The molecule has 1 aromatic carbocycles. The molecule has 0 saturated heterocycles. The van der Waals surface area contributed by atoms with Gasteiger partial charge in [-0.15, -0.1) is 11.3 Å². The smallest absolute Gasteiger partial charge is 0.328 e. The molecule has 0 aliphatic carbocycles. The summed E-state index contributed by atoms with van der Waals surface area (Å²) >= 11 is 1.62. The Morgan fingerprint density at radius 1 is 1.22 bits per heavy atom. The van der Waals surface area contributed by atoms with E-state index < -0.39 is 5.97 Å². The topological polar surface area (TPSA) is 54.6 Å². The van der Waals surface area contributed by atoms with Crippen molar-refractivity contribution in [3.63, 3.8) is 0 Å². The molecule has 0 fully saturated rings. The van der Waals surface area contributed by atoms with E-state index in [-0.39, 0.29) is 0 Å². The first-order chi connectivity index (χ1) is 10.9. The number of rotatable bonds is 3. The van der Waals surface area contributed by atoms with Gasteiger partial charge in [-0.3, -0.25) is 4.40 Å². The molecule has 3 rings (SSSR count). The van der Waals surface area contributed by atoms with Crippen LogP contribution in [0.2, 0.25) is 0 Å². The van der Waals surface area contributed by atoms with Crippen LogP contribution < -0.4 is 0 Å². The summed E-state index contributed by atoms with van der Waals surface area (Å²) in [5.74, 6) is -0.962. The lowest BCUT2D eigenvalue weighted by molar-refractivity contribution is -0.131. The molecule has 0 unspecified atom stereocenters. The number of aromatic nitrogens is 2. The first-order valence-electron chi connectivity index (χ1n) is 7.35. The molecule has 0 bridgehead atoms. The van der Waals surface area contributed by atoms with Crippen LogP contribution in [0.5, 0.6) is 0 Å². The predicted octanol–water partition coefficient (Wildman–Crippen LogP) is 4.39. The molecule has 4 nitrogen and oxygen atoms in total. The molecule has 0 amide bonds. The second-order valence-electron chi connectivity index (χ2n) is 5.68. The van der Waals surface area contributed by atoms with Gasteiger partial charge in [0.2, 0.25) is 0 Å². The average Bonchev–Trinajstić information content (AvgIpc) is 2.97. The van der Waals surface area contributed by atoms with Crippen molar-refractivity contribution in [3.8, 4) is 11.3 Å². The van der Waals surface area contributed by atoms with Gasteiger partial charge in [-0.25, -0.2) is 9.78 Å². The minimum atomic E-state index is -0.962. The second-order valence-corrected chi connectivity index (χ2v) is 6.86. The Balaban J connectivity index is 2.29. The Bertz CT molecular complexity index is 948. The van der Waals surface area contributed by atoms with Gasteiger partial charge in [0, 0.05) is 22.2 Å². The van der Waals surface area contributed by atoms with Gasteiger partial charge in [0.15, 0.2) is 4.96 Å². The van der Waals surface area contributed by atoms with Gasteiger partial charge in [0.25, 0.3) is 0 Å². The SMILES string of the molecule is Cc1ccc(-c2nc3sc(C)c(C)n3c2/C=C/C(=O)O)cc1C. The fourth-order valence-corrected chi connectivity index (χ4v) is 3.55. The predicted molar refractivity (Wildman–Crippen MR) is 94.1 cm³/mol. The largest absolute Gasteiger partial charge is 0.478 e. The van der Waals surface area contributed by atoms with Crippen molar-refractivity contribution in [2.45, 2.75) is 27.7 Å². The van der Waals surface area contributed by atoms with Crippen molar-refractivity contribution in [2.24, 2.45) is 0 Å². The lowest BCUT2D eigenvalue weighted by Gasteiger charge is -2.05. The van der Waals surface area contributed by atoms with E-state index in [1.165, 1.54) is 22.1 Å². The number of carboxylic acid groups (broad SMARTS) is 1. The van der Waals surface area contributed by atoms with Crippen LogP contribution in [0, 0.1) is 27.7 Å². The Kier molecular flexibility index (Phi) is 3.82. The number of nitrogens with zero attached hydrogens (tertiary/aromatic N) is 2. The highest BCUT2D eigenvalue weighted by atomic mass is 32.1. The van der Waals surface area contributed by atoms with E-state index in [9.17, 15) is 4.79 Å². The van der Waals surface area contributed by atoms with Crippen LogP contribution in [0.15, 0.2) is 24.3 Å². The fourth-order valence-electron chi connectivity index (χ4n) is 2.58. The minimum Gasteiger partial charge on any atom is -0.478 e. The molecule has 118 valence electrons. The Labute approximate surface area is 138 Å². The Hall–Kier alpha value is -2.40. The van der Waals surface area contributed by atoms with Crippen molar-refractivity contribution in [3.05, 3.63) is 51.7 Å². The fraction of sp³-hybridized carbons (Fsp3) is 0.222. The third kappa shape index (κ3) is 2.68. The lowest BCUT2D eigenvalue weighted by atomic mass is 10.0. The van der Waals surface area contributed by atoms with Crippen LogP contribution in [-0.4, -0.2) is 20.5 Å². The van der Waals surface area contributed by atoms with E-state index >= 15 is 0 Å². The maximum absolute atomic E-state index is 11.0. The maximum Gasteiger partial charge on any atom is 0.328 e. The normalized spacial score (nSPS) is 11.7. The summed E-state index contributed by atoms with van der Waals surface area (Å²) in [5.41, 5.74) is 6.15. The van der Waals surface area contributed by atoms with Gasteiger partial charge < -0.3 is 5.11 Å². The average molecular weight is 326 g/mol. The quantitative estimate of drug-likeness (QED) is 0.726. The second kappa shape index (κ2) is 5.66. The Morgan fingerprint density at radius 2 is 1.96 bits per heavy atom. The number of aryl methyl sites for hydroxylation is 4. The van der Waals surface area contributed by atoms with Gasteiger partial charge >= 0.3 is 5.97 Å². The molecule has 0 aliphatic heterocycles. The van der Waals surface area contributed by atoms with E-state index in [0.717, 1.165) is 27.6 Å². The van der Waals surface area contributed by atoms with Crippen LogP contribution in [0.25, 0.3) is 22.3 Å². The van der Waals surface area contributed by atoms with Crippen LogP contribution in [0.3, 0.4) is 0 Å². The first-order valence-corrected chi connectivity index (χ1v) is 8.17. The number of aliphatic carboxylic acids is 1. The molecular weight excluding hydrogens is 308 g/mol. The third-order valence-electron chi connectivity index (χ3n) is 4.14. The zero-order chi connectivity index (χ0) is 16.7. The van der Waals surface area contributed by atoms with Crippen LogP contribution in [-0.2, 0) is 4.79 Å². The van der Waals surface area contributed by atoms with Crippen LogP contribution in [0.1, 0.15) is 27.4 Å². The minimum absolute atomic E-state index is 0.813. The summed E-state index contributed by atoms with van der Waals surface area (Å²) in [6.45, 7) is 8.22. The number of carbonyl (C=O) groups is 1. The molecule has 2 heterocycles. The van der Waals surface area contributed by atoms with E-state index in [0.29, 0.717) is 0 Å². The molecule has 0 radical (unpaired) electrons. The number of hydrogen-bond donors (Lipinski definition) is 1. The lowest BCUT2D eigenvalue weighted by Crippen LogP contribution is -1.93. The summed E-state index contributed by atoms with van der Waals surface area (Å²) in [6.07, 6.45) is 2.80.